The zero-order valence-electron chi connectivity index (χ0n) is 11.6. The number of carbonyl (C=O) groups excluding carboxylic acids is 1. The fourth-order valence-electron chi connectivity index (χ4n) is 1.86. The number of hydrogen-bond acceptors (Lipinski definition) is 3. The molecule has 0 aliphatic carbocycles. The third-order valence-electron chi connectivity index (χ3n) is 3.06. The molecule has 5 heteroatoms. The summed E-state index contributed by atoms with van der Waals surface area (Å²) in [6.45, 7) is 7.08. The van der Waals surface area contributed by atoms with Crippen molar-refractivity contribution >= 4 is 17.3 Å². The summed E-state index contributed by atoms with van der Waals surface area (Å²) < 4.78 is 12.9. The summed E-state index contributed by atoms with van der Waals surface area (Å²) in [5.74, 6) is -0.498. The Balaban J connectivity index is 2.39. The number of carbonyl (C=O) groups is 1. The van der Waals surface area contributed by atoms with Crippen LogP contribution in [0.25, 0.3) is 0 Å². The van der Waals surface area contributed by atoms with Gasteiger partial charge in [-0.1, -0.05) is 13.8 Å². The van der Waals surface area contributed by atoms with E-state index in [1.165, 1.54) is 18.2 Å². The van der Waals surface area contributed by atoms with Gasteiger partial charge in [-0.2, -0.15) is 0 Å². The quantitative estimate of drug-likeness (QED) is 0.746. The second-order valence-corrected chi connectivity index (χ2v) is 4.41. The van der Waals surface area contributed by atoms with Gasteiger partial charge in [0.25, 0.3) is 0 Å². The standard InChI is InChI=1S/C14H22FN3O/c1-3-18(4-2)9-5-6-14(19)17-13-8-7-11(15)10-12(13)16/h7-8,10H,3-6,9,16H2,1-2H3,(H,17,19). The number of benzene rings is 1. The van der Waals surface area contributed by atoms with Gasteiger partial charge in [0.2, 0.25) is 5.91 Å². The van der Waals surface area contributed by atoms with E-state index in [0.29, 0.717) is 12.1 Å². The Hall–Kier alpha value is -1.62. The molecule has 0 aliphatic rings. The van der Waals surface area contributed by atoms with Gasteiger partial charge in [0.1, 0.15) is 5.82 Å². The molecule has 1 aromatic rings. The van der Waals surface area contributed by atoms with E-state index in [2.05, 4.69) is 24.1 Å². The van der Waals surface area contributed by atoms with Crippen LogP contribution in [0.3, 0.4) is 0 Å². The maximum absolute atomic E-state index is 12.9. The van der Waals surface area contributed by atoms with Crippen LogP contribution in [-0.2, 0) is 4.79 Å². The van der Waals surface area contributed by atoms with E-state index < -0.39 is 5.82 Å². The molecule has 0 fully saturated rings. The lowest BCUT2D eigenvalue weighted by atomic mass is 10.2. The summed E-state index contributed by atoms with van der Waals surface area (Å²) in [5, 5.41) is 2.70. The molecule has 0 heterocycles. The van der Waals surface area contributed by atoms with Gasteiger partial charge in [0.15, 0.2) is 0 Å². The van der Waals surface area contributed by atoms with Gasteiger partial charge in [-0.3, -0.25) is 4.79 Å². The number of rotatable bonds is 7. The van der Waals surface area contributed by atoms with Gasteiger partial charge < -0.3 is 16.0 Å². The fourth-order valence-corrected chi connectivity index (χ4v) is 1.86. The number of amides is 1. The summed E-state index contributed by atoms with van der Waals surface area (Å²) in [6, 6.07) is 3.96. The molecular weight excluding hydrogens is 245 g/mol. The molecular formula is C14H22FN3O. The lowest BCUT2D eigenvalue weighted by molar-refractivity contribution is -0.116. The van der Waals surface area contributed by atoms with E-state index in [1.54, 1.807) is 0 Å². The monoisotopic (exact) mass is 267 g/mol. The summed E-state index contributed by atoms with van der Waals surface area (Å²) in [7, 11) is 0. The molecule has 0 unspecified atom stereocenters. The van der Waals surface area contributed by atoms with Gasteiger partial charge in [-0.15, -0.1) is 0 Å². The van der Waals surface area contributed by atoms with Crippen LogP contribution < -0.4 is 11.1 Å². The van der Waals surface area contributed by atoms with Crippen molar-refractivity contribution in [2.45, 2.75) is 26.7 Å². The van der Waals surface area contributed by atoms with Gasteiger partial charge >= 0.3 is 0 Å². The van der Waals surface area contributed by atoms with Crippen LogP contribution in [0, 0.1) is 5.82 Å². The average molecular weight is 267 g/mol. The number of halogens is 1. The smallest absolute Gasteiger partial charge is 0.224 e. The maximum atomic E-state index is 12.9. The summed E-state index contributed by atoms with van der Waals surface area (Å²) in [5.41, 5.74) is 6.34. The predicted octanol–water partition coefficient (Wildman–Crippen LogP) is 2.47. The lowest BCUT2D eigenvalue weighted by Crippen LogP contribution is -2.25. The Morgan fingerprint density at radius 1 is 1.37 bits per heavy atom. The minimum Gasteiger partial charge on any atom is -0.397 e. The minimum atomic E-state index is -0.406. The van der Waals surface area contributed by atoms with Crippen LogP contribution in [0.15, 0.2) is 18.2 Å². The predicted molar refractivity (Wildman–Crippen MR) is 76.5 cm³/mol. The molecule has 1 rings (SSSR count). The van der Waals surface area contributed by atoms with Crippen LogP contribution in [0.4, 0.5) is 15.8 Å². The Kier molecular flexibility index (Phi) is 6.29. The van der Waals surface area contributed by atoms with Gasteiger partial charge in [-0.05, 0) is 44.3 Å². The average Bonchev–Trinajstić information content (AvgIpc) is 2.38. The molecule has 106 valence electrons. The van der Waals surface area contributed by atoms with E-state index in [1.807, 2.05) is 0 Å². The fraction of sp³-hybridized carbons (Fsp3) is 0.500. The van der Waals surface area contributed by atoms with Crippen LogP contribution in [0.2, 0.25) is 0 Å². The molecule has 0 aliphatic heterocycles. The third kappa shape index (κ3) is 5.26. The third-order valence-corrected chi connectivity index (χ3v) is 3.06. The first kappa shape index (κ1) is 15.4. The van der Waals surface area contributed by atoms with Gasteiger partial charge in [0, 0.05) is 6.42 Å². The van der Waals surface area contributed by atoms with Crippen molar-refractivity contribution < 1.29 is 9.18 Å². The van der Waals surface area contributed by atoms with Crippen molar-refractivity contribution in [2.75, 3.05) is 30.7 Å². The first-order valence-corrected chi connectivity index (χ1v) is 6.64. The van der Waals surface area contributed by atoms with Crippen LogP contribution >= 0.6 is 0 Å². The Morgan fingerprint density at radius 2 is 2.05 bits per heavy atom. The number of hydrogen-bond donors (Lipinski definition) is 2. The molecule has 0 saturated heterocycles. The SMILES string of the molecule is CCN(CC)CCCC(=O)Nc1ccc(F)cc1N. The summed E-state index contributed by atoms with van der Waals surface area (Å²) in [6.07, 6.45) is 1.24. The molecule has 19 heavy (non-hydrogen) atoms. The summed E-state index contributed by atoms with van der Waals surface area (Å²) in [4.78, 5) is 14.0. The van der Waals surface area contributed by atoms with E-state index in [-0.39, 0.29) is 11.6 Å². The molecule has 1 amide bonds. The number of nitrogen functional groups attached to an aromatic ring is 1. The summed E-state index contributed by atoms with van der Waals surface area (Å²) >= 11 is 0. The molecule has 0 saturated carbocycles. The molecule has 0 aromatic heterocycles. The van der Waals surface area contributed by atoms with E-state index in [4.69, 9.17) is 5.73 Å². The van der Waals surface area contributed by atoms with Gasteiger partial charge in [-0.25, -0.2) is 4.39 Å². The number of anilines is 2. The maximum Gasteiger partial charge on any atom is 0.224 e. The molecule has 0 atom stereocenters. The lowest BCUT2D eigenvalue weighted by Gasteiger charge is -2.17. The molecule has 0 bridgehead atoms. The van der Waals surface area contributed by atoms with Crippen molar-refractivity contribution in [1.82, 2.24) is 4.90 Å². The van der Waals surface area contributed by atoms with E-state index in [9.17, 15) is 9.18 Å². The Labute approximate surface area is 113 Å². The first-order valence-electron chi connectivity index (χ1n) is 6.64. The largest absolute Gasteiger partial charge is 0.397 e. The molecule has 4 nitrogen and oxygen atoms in total. The highest BCUT2D eigenvalue weighted by atomic mass is 19.1. The minimum absolute atomic E-state index is 0.0922. The van der Waals surface area contributed by atoms with E-state index >= 15 is 0 Å². The van der Waals surface area contributed by atoms with Crippen molar-refractivity contribution in [3.63, 3.8) is 0 Å². The van der Waals surface area contributed by atoms with Crippen molar-refractivity contribution in [1.29, 1.82) is 0 Å². The normalized spacial score (nSPS) is 10.7. The van der Waals surface area contributed by atoms with Crippen LogP contribution in [-0.4, -0.2) is 30.4 Å². The molecule has 1 aromatic carbocycles. The molecule has 3 N–H and O–H groups in total. The number of nitrogens with two attached hydrogens (primary N) is 1. The molecule has 0 spiro atoms. The Morgan fingerprint density at radius 3 is 2.63 bits per heavy atom. The second-order valence-electron chi connectivity index (χ2n) is 4.41. The van der Waals surface area contributed by atoms with Crippen LogP contribution in [0.5, 0.6) is 0 Å². The number of nitrogens with one attached hydrogen (secondary N) is 1. The van der Waals surface area contributed by atoms with Crippen molar-refractivity contribution in [3.05, 3.63) is 24.0 Å². The Bertz CT molecular complexity index is 419. The highest BCUT2D eigenvalue weighted by Gasteiger charge is 2.07. The first-order chi connectivity index (χ1) is 9.06. The van der Waals surface area contributed by atoms with Crippen LogP contribution in [0.1, 0.15) is 26.7 Å². The van der Waals surface area contributed by atoms with Gasteiger partial charge in [0.05, 0.1) is 11.4 Å². The zero-order valence-corrected chi connectivity index (χ0v) is 11.6. The number of nitrogens with zero attached hydrogens (tertiary/aromatic N) is 1. The second kappa shape index (κ2) is 7.74. The highest BCUT2D eigenvalue weighted by Crippen LogP contribution is 2.19. The highest BCUT2D eigenvalue weighted by molar-refractivity contribution is 5.93. The van der Waals surface area contributed by atoms with Crippen molar-refractivity contribution in [2.24, 2.45) is 0 Å². The van der Waals surface area contributed by atoms with Crippen molar-refractivity contribution in [3.8, 4) is 0 Å². The van der Waals surface area contributed by atoms with E-state index in [0.717, 1.165) is 26.1 Å². The zero-order chi connectivity index (χ0) is 14.3. The topological polar surface area (TPSA) is 58.4 Å². The molecule has 0 radical (unpaired) electrons.